The summed E-state index contributed by atoms with van der Waals surface area (Å²) < 4.78 is 13.7. The van der Waals surface area contributed by atoms with Crippen LogP contribution in [-0.4, -0.2) is 11.1 Å². The van der Waals surface area contributed by atoms with Gasteiger partial charge in [0.2, 0.25) is 0 Å². The van der Waals surface area contributed by atoms with Crippen LogP contribution in [0.3, 0.4) is 0 Å². The zero-order chi connectivity index (χ0) is 13.0. The van der Waals surface area contributed by atoms with E-state index in [0.29, 0.717) is 11.6 Å². The molecule has 2 nitrogen and oxygen atoms in total. The molecule has 0 aromatic heterocycles. The van der Waals surface area contributed by atoms with Crippen molar-refractivity contribution < 1.29 is 9.50 Å². The molecule has 1 atom stereocenters. The van der Waals surface area contributed by atoms with E-state index in [2.05, 4.69) is 5.32 Å². The topological polar surface area (TPSA) is 32.3 Å². The van der Waals surface area contributed by atoms with Crippen LogP contribution >= 0.6 is 0 Å². The molecular formula is C15H22FNO. The van der Waals surface area contributed by atoms with Crippen LogP contribution in [0.1, 0.15) is 57.1 Å². The average molecular weight is 251 g/mol. The molecule has 2 rings (SSSR count). The highest BCUT2D eigenvalue weighted by atomic mass is 19.1. The minimum atomic E-state index is -0.330. The Morgan fingerprint density at radius 3 is 2.50 bits per heavy atom. The third-order valence-corrected chi connectivity index (χ3v) is 3.79. The molecule has 0 bridgehead atoms. The second kappa shape index (κ2) is 6.19. The largest absolute Gasteiger partial charge is 0.508 e. The Kier molecular flexibility index (Phi) is 4.59. The number of halogens is 1. The average Bonchev–Trinajstić information content (AvgIpc) is 2.57. The van der Waals surface area contributed by atoms with Gasteiger partial charge in [0.15, 0.2) is 0 Å². The van der Waals surface area contributed by atoms with Crippen LogP contribution in [0.15, 0.2) is 18.2 Å². The van der Waals surface area contributed by atoms with E-state index in [1.165, 1.54) is 44.6 Å². The lowest BCUT2D eigenvalue weighted by molar-refractivity contribution is 0.404. The van der Waals surface area contributed by atoms with Crippen LogP contribution < -0.4 is 5.32 Å². The molecule has 1 aliphatic rings. The van der Waals surface area contributed by atoms with E-state index in [9.17, 15) is 9.50 Å². The molecule has 0 amide bonds. The van der Waals surface area contributed by atoms with Crippen molar-refractivity contribution in [3.63, 3.8) is 0 Å². The quantitative estimate of drug-likeness (QED) is 0.798. The summed E-state index contributed by atoms with van der Waals surface area (Å²) in [4.78, 5) is 0. The molecule has 1 aromatic carbocycles. The summed E-state index contributed by atoms with van der Waals surface area (Å²) in [6, 6.07) is 4.88. The number of aromatic hydroxyl groups is 1. The van der Waals surface area contributed by atoms with Crippen molar-refractivity contribution in [3.8, 4) is 5.75 Å². The summed E-state index contributed by atoms with van der Waals surface area (Å²) in [6.07, 6.45) is 7.54. The fraction of sp³-hybridized carbons (Fsp3) is 0.600. The van der Waals surface area contributed by atoms with Gasteiger partial charge in [-0.05, 0) is 25.8 Å². The Labute approximate surface area is 108 Å². The van der Waals surface area contributed by atoms with E-state index in [1.54, 1.807) is 12.1 Å². The van der Waals surface area contributed by atoms with Gasteiger partial charge in [0.25, 0.3) is 0 Å². The summed E-state index contributed by atoms with van der Waals surface area (Å²) in [6.45, 7) is 1.99. The first kappa shape index (κ1) is 13.3. The van der Waals surface area contributed by atoms with Gasteiger partial charge in [-0.15, -0.1) is 0 Å². The molecule has 1 aliphatic carbocycles. The molecule has 1 aromatic rings. The van der Waals surface area contributed by atoms with Crippen molar-refractivity contribution in [3.05, 3.63) is 29.6 Å². The molecule has 1 unspecified atom stereocenters. The molecule has 0 aliphatic heterocycles. The molecule has 3 heteroatoms. The van der Waals surface area contributed by atoms with Gasteiger partial charge in [0, 0.05) is 23.7 Å². The van der Waals surface area contributed by atoms with E-state index in [-0.39, 0.29) is 17.6 Å². The predicted octanol–water partition coefficient (Wildman–Crippen LogP) is 3.90. The lowest BCUT2D eigenvalue weighted by Gasteiger charge is -2.22. The fourth-order valence-electron chi connectivity index (χ4n) is 2.76. The van der Waals surface area contributed by atoms with Gasteiger partial charge in [0.05, 0.1) is 0 Å². The second-order valence-electron chi connectivity index (χ2n) is 5.28. The molecular weight excluding hydrogens is 229 g/mol. The predicted molar refractivity (Wildman–Crippen MR) is 71.1 cm³/mol. The number of benzene rings is 1. The van der Waals surface area contributed by atoms with Gasteiger partial charge >= 0.3 is 0 Å². The SMILES string of the molecule is CC(NC1CCCCCC1)c1ccc(O)cc1F. The highest BCUT2D eigenvalue weighted by Gasteiger charge is 2.17. The number of phenols is 1. The number of rotatable bonds is 3. The maximum absolute atomic E-state index is 13.7. The number of hydrogen-bond acceptors (Lipinski definition) is 2. The van der Waals surface area contributed by atoms with Crippen molar-refractivity contribution in [1.29, 1.82) is 0 Å². The van der Waals surface area contributed by atoms with Crippen LogP contribution in [-0.2, 0) is 0 Å². The first-order chi connectivity index (χ1) is 8.66. The third-order valence-electron chi connectivity index (χ3n) is 3.79. The summed E-state index contributed by atoms with van der Waals surface area (Å²) >= 11 is 0. The van der Waals surface area contributed by atoms with Crippen LogP contribution in [0, 0.1) is 5.82 Å². The van der Waals surface area contributed by atoms with Gasteiger partial charge in [-0.3, -0.25) is 0 Å². The van der Waals surface area contributed by atoms with E-state index < -0.39 is 0 Å². The first-order valence-electron chi connectivity index (χ1n) is 6.91. The van der Waals surface area contributed by atoms with Gasteiger partial charge in [0.1, 0.15) is 11.6 Å². The van der Waals surface area contributed by atoms with Crippen molar-refractivity contribution in [1.82, 2.24) is 5.32 Å². The molecule has 1 saturated carbocycles. The van der Waals surface area contributed by atoms with Gasteiger partial charge in [-0.1, -0.05) is 31.7 Å². The standard InChI is InChI=1S/C15H22FNO/c1-11(14-9-8-13(18)10-15(14)16)17-12-6-4-2-3-5-7-12/h8-12,17-18H,2-7H2,1H3. The van der Waals surface area contributed by atoms with Crippen LogP contribution in [0.2, 0.25) is 0 Å². The van der Waals surface area contributed by atoms with Gasteiger partial charge in [-0.25, -0.2) is 4.39 Å². The monoisotopic (exact) mass is 251 g/mol. The minimum Gasteiger partial charge on any atom is -0.508 e. The maximum atomic E-state index is 13.7. The Balaban J connectivity index is 1.99. The summed E-state index contributed by atoms with van der Waals surface area (Å²) in [5.41, 5.74) is 0.636. The molecule has 18 heavy (non-hydrogen) atoms. The maximum Gasteiger partial charge on any atom is 0.131 e. The first-order valence-corrected chi connectivity index (χ1v) is 6.91. The minimum absolute atomic E-state index is 0.00583. The molecule has 2 N–H and O–H groups in total. The lowest BCUT2D eigenvalue weighted by Crippen LogP contribution is -2.31. The van der Waals surface area contributed by atoms with Crippen LogP contribution in [0.5, 0.6) is 5.75 Å². The molecule has 0 saturated heterocycles. The zero-order valence-corrected chi connectivity index (χ0v) is 11.0. The van der Waals surface area contributed by atoms with Crippen LogP contribution in [0.4, 0.5) is 4.39 Å². The molecule has 0 heterocycles. The highest BCUT2D eigenvalue weighted by Crippen LogP contribution is 2.24. The summed E-state index contributed by atoms with van der Waals surface area (Å²) in [7, 11) is 0. The van der Waals surface area contributed by atoms with Gasteiger partial charge < -0.3 is 10.4 Å². The Morgan fingerprint density at radius 2 is 1.89 bits per heavy atom. The summed E-state index contributed by atoms with van der Waals surface area (Å²) in [5, 5.41) is 12.7. The van der Waals surface area contributed by atoms with E-state index in [0.717, 1.165) is 0 Å². The smallest absolute Gasteiger partial charge is 0.131 e. The normalized spacial score (nSPS) is 19.4. The third kappa shape index (κ3) is 3.45. The van der Waals surface area contributed by atoms with Crippen molar-refractivity contribution in [2.24, 2.45) is 0 Å². The summed E-state index contributed by atoms with van der Waals surface area (Å²) in [5.74, 6) is -0.346. The Bertz CT molecular complexity index is 386. The van der Waals surface area contributed by atoms with E-state index in [1.807, 2.05) is 6.92 Å². The molecule has 0 spiro atoms. The Morgan fingerprint density at radius 1 is 1.22 bits per heavy atom. The number of nitrogens with one attached hydrogen (secondary N) is 1. The van der Waals surface area contributed by atoms with E-state index in [4.69, 9.17) is 0 Å². The zero-order valence-electron chi connectivity index (χ0n) is 11.0. The second-order valence-corrected chi connectivity index (χ2v) is 5.28. The van der Waals surface area contributed by atoms with Crippen molar-refractivity contribution >= 4 is 0 Å². The number of hydrogen-bond donors (Lipinski definition) is 2. The number of phenolic OH excluding ortho intramolecular Hbond substituents is 1. The Hall–Kier alpha value is -1.09. The lowest BCUT2D eigenvalue weighted by atomic mass is 10.0. The van der Waals surface area contributed by atoms with Crippen molar-refractivity contribution in [2.45, 2.75) is 57.5 Å². The van der Waals surface area contributed by atoms with Gasteiger partial charge in [-0.2, -0.15) is 0 Å². The van der Waals surface area contributed by atoms with Crippen LogP contribution in [0.25, 0.3) is 0 Å². The fourth-order valence-corrected chi connectivity index (χ4v) is 2.76. The van der Waals surface area contributed by atoms with Crippen molar-refractivity contribution in [2.75, 3.05) is 0 Å². The highest BCUT2D eigenvalue weighted by molar-refractivity contribution is 5.29. The molecule has 0 radical (unpaired) electrons. The molecule has 100 valence electrons. The van der Waals surface area contributed by atoms with E-state index >= 15 is 0 Å². The molecule has 1 fully saturated rings.